The molecule has 0 saturated carbocycles. The molecule has 3 nitrogen and oxygen atoms in total. The van der Waals surface area contributed by atoms with E-state index in [0.717, 1.165) is 34.9 Å². The number of fused-ring (bicyclic) bond motifs is 1. The van der Waals surface area contributed by atoms with Gasteiger partial charge in [0.15, 0.2) is 0 Å². The third-order valence-electron chi connectivity index (χ3n) is 3.24. The molecule has 1 unspecified atom stereocenters. The lowest BCUT2D eigenvalue weighted by Crippen LogP contribution is -2.32. The Morgan fingerprint density at radius 2 is 2.21 bits per heavy atom. The smallest absolute Gasteiger partial charge is 0.0758 e. The van der Waals surface area contributed by atoms with E-state index in [9.17, 15) is 0 Å². The fourth-order valence-corrected chi connectivity index (χ4v) is 2.57. The van der Waals surface area contributed by atoms with Gasteiger partial charge in [0.2, 0.25) is 0 Å². The van der Waals surface area contributed by atoms with Crippen LogP contribution in [0, 0.1) is 0 Å². The third kappa shape index (κ3) is 3.53. The number of rotatable bonds is 6. The molecule has 1 N–H and O–H groups in total. The van der Waals surface area contributed by atoms with E-state index in [1.54, 1.807) is 7.11 Å². The van der Waals surface area contributed by atoms with Crippen LogP contribution in [0.4, 0.5) is 0 Å². The average Bonchev–Trinajstić information content (AvgIpc) is 2.45. The number of benzene rings is 1. The Labute approximate surface area is 122 Å². The minimum absolute atomic E-state index is 0.382. The highest BCUT2D eigenvalue weighted by Crippen LogP contribution is 2.25. The zero-order valence-electron chi connectivity index (χ0n) is 11.3. The van der Waals surface area contributed by atoms with E-state index in [1.165, 1.54) is 5.56 Å². The average molecular weight is 323 g/mol. The summed E-state index contributed by atoms with van der Waals surface area (Å²) in [5.74, 6) is 0. The zero-order valence-corrected chi connectivity index (χ0v) is 12.9. The molecule has 0 aliphatic carbocycles. The number of halogens is 1. The molecule has 4 heteroatoms. The van der Waals surface area contributed by atoms with Crippen LogP contribution >= 0.6 is 15.9 Å². The van der Waals surface area contributed by atoms with Crippen molar-refractivity contribution in [1.29, 1.82) is 0 Å². The van der Waals surface area contributed by atoms with Crippen molar-refractivity contribution in [2.75, 3.05) is 13.7 Å². The lowest BCUT2D eigenvalue weighted by atomic mass is 10.1. The predicted molar refractivity (Wildman–Crippen MR) is 82.2 cm³/mol. The summed E-state index contributed by atoms with van der Waals surface area (Å²) in [5.41, 5.74) is 2.27. The number of hydrogen-bond donors (Lipinski definition) is 1. The maximum absolute atomic E-state index is 5.20. The minimum Gasteiger partial charge on any atom is -0.383 e. The van der Waals surface area contributed by atoms with Gasteiger partial charge < -0.3 is 10.1 Å². The van der Waals surface area contributed by atoms with Crippen LogP contribution in [0.3, 0.4) is 0 Å². The number of aromatic nitrogens is 1. The van der Waals surface area contributed by atoms with Gasteiger partial charge in [-0.15, -0.1) is 0 Å². The molecule has 0 spiro atoms. The molecule has 1 aromatic carbocycles. The molecular weight excluding hydrogens is 304 g/mol. The topological polar surface area (TPSA) is 34.1 Å². The molecule has 1 heterocycles. The van der Waals surface area contributed by atoms with Crippen molar-refractivity contribution in [3.63, 3.8) is 0 Å². The number of nitrogens with one attached hydrogen (secondary N) is 1. The minimum atomic E-state index is 0.382. The first-order valence-electron chi connectivity index (χ1n) is 6.50. The van der Waals surface area contributed by atoms with E-state index in [1.807, 2.05) is 12.3 Å². The Morgan fingerprint density at radius 3 is 2.95 bits per heavy atom. The molecule has 0 saturated heterocycles. The largest absolute Gasteiger partial charge is 0.383 e. The highest BCUT2D eigenvalue weighted by Gasteiger charge is 2.08. The van der Waals surface area contributed by atoms with Crippen molar-refractivity contribution in [1.82, 2.24) is 10.3 Å². The first kappa shape index (κ1) is 14.4. The molecule has 0 aliphatic rings. The Hall–Kier alpha value is -0.970. The summed E-state index contributed by atoms with van der Waals surface area (Å²) in [7, 11) is 1.74. The monoisotopic (exact) mass is 322 g/mol. The molecule has 0 bridgehead atoms. The Bertz CT molecular complexity index is 545. The van der Waals surface area contributed by atoms with E-state index in [-0.39, 0.29) is 0 Å². The Balaban J connectivity index is 2.19. The second-order valence-corrected chi connectivity index (χ2v) is 5.40. The summed E-state index contributed by atoms with van der Waals surface area (Å²) in [4.78, 5) is 4.49. The van der Waals surface area contributed by atoms with Gasteiger partial charge in [-0.05, 0) is 24.1 Å². The molecular formula is C15H19BrN2O. The molecule has 2 aromatic rings. The van der Waals surface area contributed by atoms with Gasteiger partial charge in [-0.25, -0.2) is 0 Å². The van der Waals surface area contributed by atoms with Crippen LogP contribution in [0.25, 0.3) is 10.9 Å². The zero-order chi connectivity index (χ0) is 13.7. The number of nitrogens with zero attached hydrogens (tertiary/aromatic N) is 1. The number of hydrogen-bond acceptors (Lipinski definition) is 3. The molecule has 0 fully saturated rings. The molecule has 2 rings (SSSR count). The molecule has 1 atom stereocenters. The fourth-order valence-electron chi connectivity index (χ4n) is 2.12. The van der Waals surface area contributed by atoms with Crippen LogP contribution in [0.1, 0.15) is 18.9 Å². The van der Waals surface area contributed by atoms with Gasteiger partial charge in [-0.2, -0.15) is 0 Å². The summed E-state index contributed by atoms with van der Waals surface area (Å²) >= 11 is 3.57. The van der Waals surface area contributed by atoms with Crippen molar-refractivity contribution in [3.8, 4) is 0 Å². The van der Waals surface area contributed by atoms with Crippen molar-refractivity contribution < 1.29 is 4.74 Å². The van der Waals surface area contributed by atoms with Gasteiger partial charge in [0.1, 0.15) is 0 Å². The first-order valence-corrected chi connectivity index (χ1v) is 7.30. The van der Waals surface area contributed by atoms with E-state index in [0.29, 0.717) is 6.04 Å². The lowest BCUT2D eigenvalue weighted by molar-refractivity contribution is 0.164. The Kier molecular flexibility index (Phi) is 5.31. The van der Waals surface area contributed by atoms with Gasteiger partial charge >= 0.3 is 0 Å². The van der Waals surface area contributed by atoms with Crippen molar-refractivity contribution in [2.45, 2.75) is 25.9 Å². The van der Waals surface area contributed by atoms with Gasteiger partial charge in [-0.3, -0.25) is 4.98 Å². The van der Waals surface area contributed by atoms with Gasteiger partial charge in [-0.1, -0.05) is 35.0 Å². The van der Waals surface area contributed by atoms with Crippen molar-refractivity contribution in [3.05, 3.63) is 40.5 Å². The maximum Gasteiger partial charge on any atom is 0.0758 e. The quantitative estimate of drug-likeness (QED) is 0.883. The number of pyridine rings is 1. The van der Waals surface area contributed by atoms with E-state index < -0.39 is 0 Å². The maximum atomic E-state index is 5.20. The van der Waals surface area contributed by atoms with Gasteiger partial charge in [0.05, 0.1) is 12.1 Å². The standard InChI is InChI=1S/C15H19BrN2O/c1-3-12(10-19-2)18-9-11-6-7-14(16)13-5-4-8-17-15(11)13/h4-8,12,18H,3,9-10H2,1-2H3. The molecule has 19 heavy (non-hydrogen) atoms. The van der Waals surface area contributed by atoms with Gasteiger partial charge in [0.25, 0.3) is 0 Å². The molecule has 0 amide bonds. The normalized spacial score (nSPS) is 12.8. The van der Waals surface area contributed by atoms with Crippen molar-refractivity contribution >= 4 is 26.8 Å². The third-order valence-corrected chi connectivity index (χ3v) is 3.93. The van der Waals surface area contributed by atoms with Gasteiger partial charge in [0, 0.05) is 35.8 Å². The molecule has 1 aromatic heterocycles. The second-order valence-electron chi connectivity index (χ2n) is 4.55. The SMILES string of the molecule is CCC(COC)NCc1ccc(Br)c2cccnc12. The lowest BCUT2D eigenvalue weighted by Gasteiger charge is -2.16. The predicted octanol–water partition coefficient (Wildman–Crippen LogP) is 3.51. The molecule has 0 radical (unpaired) electrons. The van der Waals surface area contributed by atoms with Crippen LogP contribution < -0.4 is 5.32 Å². The van der Waals surface area contributed by atoms with Crippen molar-refractivity contribution in [2.24, 2.45) is 0 Å². The van der Waals surface area contributed by atoms with E-state index >= 15 is 0 Å². The second kappa shape index (κ2) is 6.98. The van der Waals surface area contributed by atoms with Crippen LogP contribution in [-0.2, 0) is 11.3 Å². The summed E-state index contributed by atoms with van der Waals surface area (Å²) in [6.45, 7) is 3.70. The number of methoxy groups -OCH3 is 1. The molecule has 0 aliphatic heterocycles. The summed E-state index contributed by atoms with van der Waals surface area (Å²) in [6, 6.07) is 8.63. The highest BCUT2D eigenvalue weighted by atomic mass is 79.9. The van der Waals surface area contributed by atoms with Crippen LogP contribution in [-0.4, -0.2) is 24.7 Å². The summed E-state index contributed by atoms with van der Waals surface area (Å²) < 4.78 is 6.29. The first-order chi connectivity index (χ1) is 9.26. The summed E-state index contributed by atoms with van der Waals surface area (Å²) in [5, 5.41) is 4.67. The summed E-state index contributed by atoms with van der Waals surface area (Å²) in [6.07, 6.45) is 2.89. The Morgan fingerprint density at radius 1 is 1.37 bits per heavy atom. The van der Waals surface area contributed by atoms with Crippen LogP contribution in [0.15, 0.2) is 34.9 Å². The fraction of sp³-hybridized carbons (Fsp3) is 0.400. The number of ether oxygens (including phenoxy) is 1. The van der Waals surface area contributed by atoms with Crippen LogP contribution in [0.2, 0.25) is 0 Å². The van der Waals surface area contributed by atoms with Crippen LogP contribution in [0.5, 0.6) is 0 Å². The van der Waals surface area contributed by atoms with E-state index in [4.69, 9.17) is 4.74 Å². The van der Waals surface area contributed by atoms with E-state index in [2.05, 4.69) is 51.4 Å². The highest BCUT2D eigenvalue weighted by molar-refractivity contribution is 9.10. The molecule has 102 valence electrons.